The van der Waals surface area contributed by atoms with E-state index in [-0.39, 0.29) is 18.0 Å². The Labute approximate surface area is 118 Å². The first-order valence-corrected chi connectivity index (χ1v) is 6.01. The molecule has 104 valence electrons. The van der Waals surface area contributed by atoms with Crippen molar-refractivity contribution in [2.75, 3.05) is 0 Å². The van der Waals surface area contributed by atoms with Crippen molar-refractivity contribution in [2.24, 2.45) is 0 Å². The maximum absolute atomic E-state index is 12.1. The number of ether oxygens (including phenoxy) is 1. The van der Waals surface area contributed by atoms with E-state index in [9.17, 15) is 9.59 Å². The van der Waals surface area contributed by atoms with Crippen LogP contribution in [0.25, 0.3) is 10.9 Å². The average Bonchev–Trinajstić information content (AvgIpc) is 2.55. The van der Waals surface area contributed by atoms with Crippen molar-refractivity contribution < 1.29 is 9.53 Å². The van der Waals surface area contributed by atoms with Crippen LogP contribution >= 0.6 is 0 Å². The van der Waals surface area contributed by atoms with Crippen LogP contribution in [0.1, 0.15) is 10.5 Å². The minimum Gasteiger partial charge on any atom is -0.437 e. The minimum atomic E-state index is -0.690. The highest BCUT2D eigenvalue weighted by atomic mass is 16.5. The molecule has 0 saturated carbocycles. The zero-order valence-electron chi connectivity index (χ0n) is 10.7. The second-order valence-electron chi connectivity index (χ2n) is 4.06. The van der Waals surface area contributed by atoms with E-state index in [0.29, 0.717) is 10.9 Å². The summed E-state index contributed by atoms with van der Waals surface area (Å²) in [6, 6.07) is 6.79. The van der Waals surface area contributed by atoms with Gasteiger partial charge in [-0.25, -0.2) is 9.78 Å². The lowest BCUT2D eigenvalue weighted by Crippen LogP contribution is -2.26. The molecule has 0 radical (unpaired) electrons. The van der Waals surface area contributed by atoms with Gasteiger partial charge in [0.25, 0.3) is 5.56 Å². The fourth-order valence-corrected chi connectivity index (χ4v) is 1.71. The van der Waals surface area contributed by atoms with Crippen LogP contribution in [0.2, 0.25) is 0 Å². The Balaban J connectivity index is 1.81. The van der Waals surface area contributed by atoms with Gasteiger partial charge in [-0.05, 0) is 12.1 Å². The third-order valence-electron chi connectivity index (χ3n) is 2.72. The molecule has 8 heteroatoms. The number of rotatable bonds is 3. The molecular formula is C13H9N5O3. The third-order valence-corrected chi connectivity index (χ3v) is 2.72. The van der Waals surface area contributed by atoms with E-state index in [1.54, 1.807) is 24.3 Å². The molecule has 0 spiro atoms. The van der Waals surface area contributed by atoms with Crippen LogP contribution in [-0.4, -0.2) is 30.9 Å². The minimum absolute atomic E-state index is 0.0549. The summed E-state index contributed by atoms with van der Waals surface area (Å²) in [5, 5.41) is 8.00. The topological polar surface area (TPSA) is 99.9 Å². The Morgan fingerprint density at radius 2 is 2.10 bits per heavy atom. The molecule has 0 saturated heterocycles. The first-order valence-electron chi connectivity index (χ1n) is 6.01. The van der Waals surface area contributed by atoms with Gasteiger partial charge in [-0.1, -0.05) is 17.3 Å². The molecule has 0 aliphatic carbocycles. The van der Waals surface area contributed by atoms with Crippen molar-refractivity contribution in [1.29, 1.82) is 0 Å². The van der Waals surface area contributed by atoms with Crippen LogP contribution < -0.4 is 5.56 Å². The summed E-state index contributed by atoms with van der Waals surface area (Å²) < 4.78 is 5.93. The second-order valence-corrected chi connectivity index (χ2v) is 4.06. The molecule has 1 aromatic carbocycles. The highest BCUT2D eigenvalue weighted by Gasteiger charge is 2.11. The molecule has 0 aliphatic heterocycles. The molecule has 0 unspecified atom stereocenters. The number of esters is 1. The summed E-state index contributed by atoms with van der Waals surface area (Å²) in [6.45, 7) is -0.341. The highest BCUT2D eigenvalue weighted by Crippen LogP contribution is 2.03. The number of carbonyl (C=O) groups is 1. The Morgan fingerprint density at radius 1 is 1.24 bits per heavy atom. The first kappa shape index (κ1) is 12.9. The van der Waals surface area contributed by atoms with Crippen LogP contribution in [0.5, 0.6) is 0 Å². The zero-order valence-corrected chi connectivity index (χ0v) is 10.7. The summed E-state index contributed by atoms with van der Waals surface area (Å²) >= 11 is 0. The van der Waals surface area contributed by atoms with Gasteiger partial charge in [0.1, 0.15) is 5.52 Å². The standard InChI is InChI=1S/C13H9N5O3/c19-12-9-3-1-2-4-10(9)16-17-18(12)8-21-13(20)11-7-14-5-6-15-11/h1-7H,8H2. The van der Waals surface area contributed by atoms with Crippen LogP contribution in [0.3, 0.4) is 0 Å². The normalized spacial score (nSPS) is 10.5. The lowest BCUT2D eigenvalue weighted by molar-refractivity contribution is 0.0328. The molecular weight excluding hydrogens is 274 g/mol. The maximum Gasteiger partial charge on any atom is 0.360 e. The predicted octanol–water partition coefficient (Wildman–Crippen LogP) is 0.396. The van der Waals surface area contributed by atoms with Crippen molar-refractivity contribution >= 4 is 16.9 Å². The molecule has 2 aromatic heterocycles. The quantitative estimate of drug-likeness (QED) is 0.641. The molecule has 0 atom stereocenters. The van der Waals surface area contributed by atoms with E-state index in [4.69, 9.17) is 4.74 Å². The van der Waals surface area contributed by atoms with Crippen molar-refractivity contribution in [3.05, 3.63) is 58.9 Å². The Morgan fingerprint density at radius 3 is 2.90 bits per heavy atom. The molecule has 8 nitrogen and oxygen atoms in total. The third kappa shape index (κ3) is 2.59. The molecule has 3 aromatic rings. The summed E-state index contributed by atoms with van der Waals surface area (Å²) in [7, 11) is 0. The largest absolute Gasteiger partial charge is 0.437 e. The fourth-order valence-electron chi connectivity index (χ4n) is 1.71. The first-order chi connectivity index (χ1) is 10.3. The number of nitrogens with zero attached hydrogens (tertiary/aromatic N) is 5. The van der Waals surface area contributed by atoms with E-state index in [1.807, 2.05) is 0 Å². The Hall–Kier alpha value is -3.16. The van der Waals surface area contributed by atoms with Crippen LogP contribution in [0.4, 0.5) is 0 Å². The number of hydrogen-bond acceptors (Lipinski definition) is 7. The number of hydrogen-bond donors (Lipinski definition) is 0. The van der Waals surface area contributed by atoms with Crippen LogP contribution in [0, 0.1) is 0 Å². The number of aromatic nitrogens is 5. The summed E-state index contributed by atoms with van der Waals surface area (Å²) in [5.41, 5.74) is 0.158. The van der Waals surface area contributed by atoms with Gasteiger partial charge >= 0.3 is 5.97 Å². The predicted molar refractivity (Wildman–Crippen MR) is 71.2 cm³/mol. The van der Waals surface area contributed by atoms with E-state index >= 15 is 0 Å². The summed E-state index contributed by atoms with van der Waals surface area (Å²) in [6.07, 6.45) is 4.09. The fraction of sp³-hybridized carbons (Fsp3) is 0.0769. The average molecular weight is 283 g/mol. The lowest BCUT2D eigenvalue weighted by Gasteiger charge is -2.05. The van der Waals surface area contributed by atoms with Gasteiger partial charge in [-0.3, -0.25) is 9.78 Å². The molecule has 0 bridgehead atoms. The molecule has 3 rings (SSSR count). The van der Waals surface area contributed by atoms with Gasteiger partial charge in [-0.2, -0.15) is 4.68 Å². The molecule has 2 heterocycles. The van der Waals surface area contributed by atoms with Gasteiger partial charge in [0, 0.05) is 12.4 Å². The van der Waals surface area contributed by atoms with Gasteiger partial charge in [-0.15, -0.1) is 5.10 Å². The van der Waals surface area contributed by atoms with Gasteiger partial charge in [0.05, 0.1) is 11.6 Å². The Bertz CT molecular complexity index is 847. The van der Waals surface area contributed by atoms with Crippen LogP contribution in [-0.2, 0) is 11.5 Å². The van der Waals surface area contributed by atoms with Gasteiger partial charge in [0.15, 0.2) is 12.4 Å². The van der Waals surface area contributed by atoms with Gasteiger partial charge in [0.2, 0.25) is 0 Å². The molecule has 21 heavy (non-hydrogen) atoms. The maximum atomic E-state index is 12.1. The molecule has 0 amide bonds. The van der Waals surface area contributed by atoms with Crippen molar-refractivity contribution in [2.45, 2.75) is 6.73 Å². The highest BCUT2D eigenvalue weighted by molar-refractivity contribution is 5.86. The van der Waals surface area contributed by atoms with Gasteiger partial charge < -0.3 is 4.74 Å². The molecule has 0 fully saturated rings. The summed E-state index contributed by atoms with van der Waals surface area (Å²) in [4.78, 5) is 31.4. The van der Waals surface area contributed by atoms with E-state index < -0.39 is 5.97 Å². The zero-order chi connectivity index (χ0) is 14.7. The summed E-state index contributed by atoms with van der Waals surface area (Å²) in [5.74, 6) is -0.690. The Kier molecular flexibility index (Phi) is 3.34. The second kappa shape index (κ2) is 5.45. The monoisotopic (exact) mass is 283 g/mol. The lowest BCUT2D eigenvalue weighted by atomic mass is 10.2. The number of benzene rings is 1. The van der Waals surface area contributed by atoms with E-state index in [2.05, 4.69) is 20.3 Å². The smallest absolute Gasteiger partial charge is 0.360 e. The van der Waals surface area contributed by atoms with E-state index in [1.165, 1.54) is 18.6 Å². The molecule has 0 aliphatic rings. The van der Waals surface area contributed by atoms with Crippen molar-refractivity contribution in [1.82, 2.24) is 25.0 Å². The van der Waals surface area contributed by atoms with Crippen LogP contribution in [0.15, 0.2) is 47.7 Å². The SMILES string of the molecule is O=C(OCn1nnc2ccccc2c1=O)c1cnccn1. The van der Waals surface area contributed by atoms with Crippen molar-refractivity contribution in [3.8, 4) is 0 Å². The van der Waals surface area contributed by atoms with Crippen molar-refractivity contribution in [3.63, 3.8) is 0 Å². The molecule has 0 N–H and O–H groups in total. The van der Waals surface area contributed by atoms with E-state index in [0.717, 1.165) is 4.68 Å². The number of fused-ring (bicyclic) bond motifs is 1. The number of carbonyl (C=O) groups excluding carboxylic acids is 1.